The molecule has 34 heavy (non-hydrogen) atoms. The highest BCUT2D eigenvalue weighted by Gasteiger charge is 2.48. The third-order valence-corrected chi connectivity index (χ3v) is 6.02. The molecule has 0 aliphatic carbocycles. The van der Waals surface area contributed by atoms with E-state index in [0.717, 1.165) is 11.0 Å². The van der Waals surface area contributed by atoms with Gasteiger partial charge in [0.25, 0.3) is 17.5 Å². The molecule has 10 heteroatoms. The average Bonchev–Trinajstić information content (AvgIpc) is 3.11. The first-order valence-electron chi connectivity index (χ1n) is 10.6. The number of rotatable bonds is 7. The molecular formula is C24H25N3O7. The molecule has 2 aromatic carbocycles. The van der Waals surface area contributed by atoms with Crippen LogP contribution in [0.15, 0.2) is 48.5 Å². The van der Waals surface area contributed by atoms with Gasteiger partial charge in [-0.05, 0) is 50.6 Å². The van der Waals surface area contributed by atoms with Crippen LogP contribution in [-0.4, -0.2) is 52.2 Å². The van der Waals surface area contributed by atoms with Gasteiger partial charge in [0.05, 0.1) is 29.7 Å². The van der Waals surface area contributed by atoms with Crippen molar-refractivity contribution in [3.63, 3.8) is 0 Å². The number of nitrogens with zero attached hydrogens (tertiary/aromatic N) is 3. The molecule has 1 unspecified atom stereocenters. The number of non-ortho nitro benzene ring substituents is 1. The van der Waals surface area contributed by atoms with Crippen LogP contribution < -0.4 is 4.90 Å². The predicted molar refractivity (Wildman–Crippen MR) is 122 cm³/mol. The van der Waals surface area contributed by atoms with Crippen LogP contribution in [-0.2, 0) is 14.3 Å². The van der Waals surface area contributed by atoms with Gasteiger partial charge in [-0.25, -0.2) is 9.69 Å². The van der Waals surface area contributed by atoms with E-state index in [-0.39, 0.29) is 28.9 Å². The van der Waals surface area contributed by atoms with Crippen LogP contribution in [0.4, 0.5) is 11.4 Å². The maximum atomic E-state index is 13.5. The van der Waals surface area contributed by atoms with E-state index in [1.807, 2.05) is 6.92 Å². The molecule has 1 aliphatic heterocycles. The predicted octanol–water partition coefficient (Wildman–Crippen LogP) is 3.34. The van der Waals surface area contributed by atoms with Crippen molar-refractivity contribution < 1.29 is 28.8 Å². The summed E-state index contributed by atoms with van der Waals surface area (Å²) in [6.07, 6.45) is 0.237. The van der Waals surface area contributed by atoms with Gasteiger partial charge < -0.3 is 9.64 Å². The number of amides is 3. The SMILES string of the molecule is CCC(C)(C)N(C(=O)c1cccc([N+](=O)[O-])c1)C1CC(=O)N(c2ccc(C(=O)OC)cc2)C1=O. The minimum absolute atomic E-state index is 0.0526. The van der Waals surface area contributed by atoms with Crippen molar-refractivity contribution in [3.05, 3.63) is 69.8 Å². The van der Waals surface area contributed by atoms with Gasteiger partial charge in [-0.1, -0.05) is 13.0 Å². The van der Waals surface area contributed by atoms with E-state index in [1.165, 1.54) is 54.5 Å². The van der Waals surface area contributed by atoms with Crippen molar-refractivity contribution in [2.75, 3.05) is 12.0 Å². The van der Waals surface area contributed by atoms with Crippen LogP contribution in [0.1, 0.15) is 54.3 Å². The van der Waals surface area contributed by atoms with Gasteiger partial charge in [-0.2, -0.15) is 0 Å². The van der Waals surface area contributed by atoms with E-state index in [1.54, 1.807) is 13.8 Å². The van der Waals surface area contributed by atoms with Gasteiger partial charge in [-0.15, -0.1) is 0 Å². The smallest absolute Gasteiger partial charge is 0.337 e. The summed E-state index contributed by atoms with van der Waals surface area (Å²) in [6.45, 7) is 5.39. The Hall–Kier alpha value is -4.08. The molecule has 0 spiro atoms. The number of benzene rings is 2. The summed E-state index contributed by atoms with van der Waals surface area (Å²) in [5.41, 5.74) is -0.496. The lowest BCUT2D eigenvalue weighted by Gasteiger charge is -2.41. The van der Waals surface area contributed by atoms with Gasteiger partial charge in [0, 0.05) is 23.2 Å². The lowest BCUT2D eigenvalue weighted by Crippen LogP contribution is -2.55. The van der Waals surface area contributed by atoms with Gasteiger partial charge in [-0.3, -0.25) is 24.5 Å². The molecule has 1 aliphatic rings. The molecular weight excluding hydrogens is 442 g/mol. The molecule has 3 amide bonds. The quantitative estimate of drug-likeness (QED) is 0.264. The second-order valence-electron chi connectivity index (χ2n) is 8.47. The van der Waals surface area contributed by atoms with Crippen molar-refractivity contribution in [3.8, 4) is 0 Å². The van der Waals surface area contributed by atoms with E-state index in [9.17, 15) is 29.3 Å². The fourth-order valence-corrected chi connectivity index (χ4v) is 3.85. The Morgan fingerprint density at radius 3 is 2.35 bits per heavy atom. The Kier molecular flexibility index (Phi) is 6.80. The van der Waals surface area contributed by atoms with Crippen LogP contribution in [0, 0.1) is 10.1 Å². The zero-order valence-corrected chi connectivity index (χ0v) is 19.3. The minimum atomic E-state index is -1.09. The summed E-state index contributed by atoms with van der Waals surface area (Å²) in [5.74, 6) is -2.22. The number of hydrogen-bond donors (Lipinski definition) is 0. The molecule has 1 atom stereocenters. The maximum Gasteiger partial charge on any atom is 0.337 e. The third-order valence-electron chi connectivity index (χ3n) is 6.02. The molecule has 1 saturated heterocycles. The maximum absolute atomic E-state index is 13.5. The molecule has 0 radical (unpaired) electrons. The summed E-state index contributed by atoms with van der Waals surface area (Å²) in [5, 5.41) is 11.2. The molecule has 3 rings (SSSR count). The van der Waals surface area contributed by atoms with E-state index < -0.39 is 40.2 Å². The van der Waals surface area contributed by atoms with Gasteiger partial charge in [0.1, 0.15) is 6.04 Å². The highest BCUT2D eigenvalue weighted by Crippen LogP contribution is 2.33. The van der Waals surface area contributed by atoms with E-state index in [0.29, 0.717) is 6.42 Å². The molecule has 0 aromatic heterocycles. The van der Waals surface area contributed by atoms with Crippen molar-refractivity contribution in [1.29, 1.82) is 0 Å². The molecule has 0 N–H and O–H groups in total. The van der Waals surface area contributed by atoms with Crippen molar-refractivity contribution >= 4 is 35.1 Å². The lowest BCUT2D eigenvalue weighted by atomic mass is 9.94. The Balaban J connectivity index is 1.98. The number of ether oxygens (including phenoxy) is 1. The number of carbonyl (C=O) groups excluding carboxylic acids is 4. The first kappa shape index (κ1) is 24.6. The third kappa shape index (κ3) is 4.52. The summed E-state index contributed by atoms with van der Waals surface area (Å²) < 4.78 is 4.66. The Bertz CT molecular complexity index is 1160. The van der Waals surface area contributed by atoms with E-state index in [4.69, 9.17) is 0 Å². The lowest BCUT2D eigenvalue weighted by molar-refractivity contribution is -0.384. The number of nitro benzene ring substituents is 1. The fourth-order valence-electron chi connectivity index (χ4n) is 3.85. The normalized spacial score (nSPS) is 15.9. The number of anilines is 1. The van der Waals surface area contributed by atoms with Gasteiger partial charge in [0.15, 0.2) is 0 Å². The summed E-state index contributed by atoms with van der Waals surface area (Å²) in [4.78, 5) is 64.4. The summed E-state index contributed by atoms with van der Waals surface area (Å²) in [7, 11) is 1.25. The van der Waals surface area contributed by atoms with Gasteiger partial charge in [0.2, 0.25) is 5.91 Å². The first-order valence-corrected chi connectivity index (χ1v) is 10.6. The monoisotopic (exact) mass is 467 g/mol. The largest absolute Gasteiger partial charge is 0.465 e. The number of carbonyl (C=O) groups is 4. The van der Waals surface area contributed by atoms with Crippen molar-refractivity contribution in [2.24, 2.45) is 0 Å². The summed E-state index contributed by atoms with van der Waals surface area (Å²) >= 11 is 0. The molecule has 2 aromatic rings. The molecule has 1 fully saturated rings. The zero-order valence-electron chi connectivity index (χ0n) is 19.3. The van der Waals surface area contributed by atoms with Crippen LogP contribution >= 0.6 is 0 Å². The summed E-state index contributed by atoms with van der Waals surface area (Å²) in [6, 6.07) is 9.99. The zero-order chi connectivity index (χ0) is 25.2. The van der Waals surface area contributed by atoms with Crippen LogP contribution in [0.5, 0.6) is 0 Å². The van der Waals surface area contributed by atoms with Crippen molar-refractivity contribution in [2.45, 2.75) is 45.2 Å². The Labute approximate surface area is 196 Å². The molecule has 0 bridgehead atoms. The number of methoxy groups -OCH3 is 1. The van der Waals surface area contributed by atoms with Crippen molar-refractivity contribution in [1.82, 2.24) is 4.90 Å². The minimum Gasteiger partial charge on any atom is -0.465 e. The van der Waals surface area contributed by atoms with E-state index >= 15 is 0 Å². The van der Waals surface area contributed by atoms with Gasteiger partial charge >= 0.3 is 5.97 Å². The molecule has 10 nitrogen and oxygen atoms in total. The first-order chi connectivity index (χ1) is 16.0. The Morgan fingerprint density at radius 2 is 1.79 bits per heavy atom. The standard InChI is InChI=1S/C24H25N3O7/c1-5-24(2,3)26(21(29)16-7-6-8-18(13-16)27(32)33)19-14-20(28)25(22(19)30)17-11-9-15(10-12-17)23(31)34-4/h6-13,19H,5,14H2,1-4H3. The number of imide groups is 1. The second-order valence-corrected chi connectivity index (χ2v) is 8.47. The number of nitro groups is 1. The topological polar surface area (TPSA) is 127 Å². The molecule has 1 heterocycles. The number of esters is 1. The van der Waals surface area contributed by atoms with E-state index in [2.05, 4.69) is 4.74 Å². The highest BCUT2D eigenvalue weighted by atomic mass is 16.6. The second kappa shape index (κ2) is 9.42. The molecule has 0 saturated carbocycles. The number of hydrogen-bond acceptors (Lipinski definition) is 7. The van der Waals surface area contributed by atoms with Crippen LogP contribution in [0.3, 0.4) is 0 Å². The molecule has 178 valence electrons. The fraction of sp³-hybridized carbons (Fsp3) is 0.333. The Morgan fingerprint density at radius 1 is 1.15 bits per heavy atom. The highest BCUT2D eigenvalue weighted by molar-refractivity contribution is 6.23. The van der Waals surface area contributed by atoms with Crippen LogP contribution in [0.25, 0.3) is 0 Å². The average molecular weight is 467 g/mol. The van der Waals surface area contributed by atoms with Crippen LogP contribution in [0.2, 0.25) is 0 Å².